The molecule has 0 saturated carbocycles. The minimum Gasteiger partial charge on any atom is -0.409 e. The summed E-state index contributed by atoms with van der Waals surface area (Å²) >= 11 is 0. The molecule has 116 valence electrons. The van der Waals surface area contributed by atoms with Gasteiger partial charge in [0.25, 0.3) is 0 Å². The number of nitrogens with one attached hydrogen (secondary N) is 1. The summed E-state index contributed by atoms with van der Waals surface area (Å²) < 4.78 is 0. The van der Waals surface area contributed by atoms with E-state index in [2.05, 4.69) is 24.3 Å². The van der Waals surface area contributed by atoms with Crippen molar-refractivity contribution in [3.05, 3.63) is 29.3 Å². The molecule has 0 aliphatic rings. The van der Waals surface area contributed by atoms with Gasteiger partial charge in [0.05, 0.1) is 5.69 Å². The molecule has 0 unspecified atom stereocenters. The Bertz CT molecular complexity index is 506. The van der Waals surface area contributed by atoms with Gasteiger partial charge >= 0.3 is 0 Å². The Balaban J connectivity index is 3.01. The first kappa shape index (κ1) is 17.0. The number of hydrogen-bond acceptors (Lipinski definition) is 3. The Labute approximate surface area is 126 Å². The number of carbonyl (C=O) groups excluding carboxylic acids is 1. The lowest BCUT2D eigenvalue weighted by atomic mass is 9.96. The topological polar surface area (TPSA) is 87.7 Å². The molecule has 0 aliphatic carbocycles. The van der Waals surface area contributed by atoms with Crippen molar-refractivity contribution in [2.75, 3.05) is 5.32 Å². The van der Waals surface area contributed by atoms with Gasteiger partial charge in [-0.2, -0.15) is 0 Å². The van der Waals surface area contributed by atoms with E-state index in [1.807, 2.05) is 19.1 Å². The SMILES string of the molecule is CCCC(CCC)C(=O)Nc1cccc(C)c1/C(N)=N/O. The molecule has 1 amide bonds. The average molecular weight is 291 g/mol. The van der Waals surface area contributed by atoms with E-state index in [0.29, 0.717) is 11.3 Å². The van der Waals surface area contributed by atoms with Crippen LogP contribution in [0.1, 0.15) is 50.7 Å². The average Bonchev–Trinajstić information content (AvgIpc) is 2.46. The maximum absolute atomic E-state index is 12.4. The van der Waals surface area contributed by atoms with E-state index in [1.54, 1.807) is 6.07 Å². The van der Waals surface area contributed by atoms with Crippen LogP contribution < -0.4 is 11.1 Å². The molecular formula is C16H25N3O2. The van der Waals surface area contributed by atoms with Crippen LogP contribution in [-0.2, 0) is 4.79 Å². The highest BCUT2D eigenvalue weighted by Gasteiger charge is 2.19. The number of amidine groups is 1. The van der Waals surface area contributed by atoms with Gasteiger partial charge in [0.1, 0.15) is 0 Å². The van der Waals surface area contributed by atoms with Crippen LogP contribution in [0.5, 0.6) is 0 Å². The predicted molar refractivity (Wildman–Crippen MR) is 85.6 cm³/mol. The van der Waals surface area contributed by atoms with Gasteiger partial charge in [-0.15, -0.1) is 0 Å². The zero-order valence-corrected chi connectivity index (χ0v) is 13.0. The van der Waals surface area contributed by atoms with Crippen molar-refractivity contribution in [2.24, 2.45) is 16.8 Å². The second-order valence-electron chi connectivity index (χ2n) is 5.25. The maximum atomic E-state index is 12.4. The quantitative estimate of drug-likeness (QED) is 0.312. The summed E-state index contributed by atoms with van der Waals surface area (Å²) in [4.78, 5) is 12.4. The molecule has 0 spiro atoms. The number of amides is 1. The third-order valence-corrected chi connectivity index (χ3v) is 3.54. The third-order valence-electron chi connectivity index (χ3n) is 3.54. The summed E-state index contributed by atoms with van der Waals surface area (Å²) in [5.41, 5.74) is 7.73. The van der Waals surface area contributed by atoms with E-state index in [1.165, 1.54) is 0 Å². The second kappa shape index (κ2) is 8.29. The number of rotatable bonds is 7. The van der Waals surface area contributed by atoms with Gasteiger partial charge < -0.3 is 16.3 Å². The number of oxime groups is 1. The number of hydrogen-bond donors (Lipinski definition) is 3. The first-order chi connectivity index (χ1) is 10.0. The lowest BCUT2D eigenvalue weighted by Crippen LogP contribution is -2.25. The van der Waals surface area contributed by atoms with Crippen molar-refractivity contribution in [3.63, 3.8) is 0 Å². The molecule has 1 aromatic rings. The Morgan fingerprint density at radius 2 is 1.95 bits per heavy atom. The Hall–Kier alpha value is -2.04. The van der Waals surface area contributed by atoms with Crippen molar-refractivity contribution >= 4 is 17.4 Å². The number of aryl methyl sites for hydroxylation is 1. The largest absolute Gasteiger partial charge is 0.409 e. The molecule has 0 fully saturated rings. The summed E-state index contributed by atoms with van der Waals surface area (Å²) in [7, 11) is 0. The number of benzene rings is 1. The van der Waals surface area contributed by atoms with E-state index in [-0.39, 0.29) is 17.7 Å². The highest BCUT2D eigenvalue weighted by atomic mass is 16.4. The minimum atomic E-state index is -0.00344. The van der Waals surface area contributed by atoms with E-state index in [0.717, 1.165) is 31.2 Å². The van der Waals surface area contributed by atoms with Gasteiger partial charge in [-0.1, -0.05) is 44.0 Å². The molecule has 0 radical (unpaired) electrons. The van der Waals surface area contributed by atoms with E-state index in [4.69, 9.17) is 10.9 Å². The van der Waals surface area contributed by atoms with Crippen molar-refractivity contribution in [2.45, 2.75) is 46.5 Å². The molecule has 0 heterocycles. The van der Waals surface area contributed by atoms with Crippen molar-refractivity contribution in [3.8, 4) is 0 Å². The Morgan fingerprint density at radius 1 is 1.33 bits per heavy atom. The monoisotopic (exact) mass is 291 g/mol. The fourth-order valence-corrected chi connectivity index (χ4v) is 2.50. The van der Waals surface area contributed by atoms with E-state index >= 15 is 0 Å². The highest BCUT2D eigenvalue weighted by molar-refractivity contribution is 6.06. The molecule has 5 nitrogen and oxygen atoms in total. The van der Waals surface area contributed by atoms with Crippen LogP contribution >= 0.6 is 0 Å². The fourth-order valence-electron chi connectivity index (χ4n) is 2.50. The van der Waals surface area contributed by atoms with Crippen LogP contribution in [-0.4, -0.2) is 17.0 Å². The number of nitrogens with zero attached hydrogens (tertiary/aromatic N) is 1. The Morgan fingerprint density at radius 3 is 2.48 bits per heavy atom. The summed E-state index contributed by atoms with van der Waals surface area (Å²) in [6.45, 7) is 6.01. The molecule has 21 heavy (non-hydrogen) atoms. The van der Waals surface area contributed by atoms with Crippen molar-refractivity contribution in [1.82, 2.24) is 0 Å². The summed E-state index contributed by atoms with van der Waals surface area (Å²) in [5, 5.41) is 14.9. The van der Waals surface area contributed by atoms with Gasteiger partial charge in [-0.25, -0.2) is 0 Å². The Kier molecular flexibility index (Phi) is 6.72. The molecule has 0 aromatic heterocycles. The molecule has 4 N–H and O–H groups in total. The molecule has 1 aromatic carbocycles. The van der Waals surface area contributed by atoms with Gasteiger partial charge in [0, 0.05) is 11.5 Å². The minimum absolute atomic E-state index is 0.000604. The highest BCUT2D eigenvalue weighted by Crippen LogP contribution is 2.22. The van der Waals surface area contributed by atoms with Crippen LogP contribution in [0.3, 0.4) is 0 Å². The maximum Gasteiger partial charge on any atom is 0.227 e. The van der Waals surface area contributed by atoms with E-state index in [9.17, 15) is 4.79 Å². The first-order valence-corrected chi connectivity index (χ1v) is 7.43. The zero-order valence-electron chi connectivity index (χ0n) is 13.0. The lowest BCUT2D eigenvalue weighted by molar-refractivity contribution is -0.120. The normalized spacial score (nSPS) is 11.7. The molecule has 0 aliphatic heterocycles. The second-order valence-corrected chi connectivity index (χ2v) is 5.25. The summed E-state index contributed by atoms with van der Waals surface area (Å²) in [5.74, 6) is 0.00266. The fraction of sp³-hybridized carbons (Fsp3) is 0.500. The lowest BCUT2D eigenvalue weighted by Gasteiger charge is -2.18. The smallest absolute Gasteiger partial charge is 0.227 e. The van der Waals surface area contributed by atoms with Gasteiger partial charge in [0.15, 0.2) is 5.84 Å². The standard InChI is InChI=1S/C16H25N3O2/c1-4-7-12(8-5-2)16(20)18-13-10-6-9-11(3)14(13)15(17)19-21/h6,9-10,12,21H,4-5,7-8H2,1-3H3,(H2,17,19)(H,18,20). The number of nitrogens with two attached hydrogens (primary N) is 1. The van der Waals surface area contributed by atoms with E-state index < -0.39 is 0 Å². The molecule has 5 heteroatoms. The first-order valence-electron chi connectivity index (χ1n) is 7.43. The zero-order chi connectivity index (χ0) is 15.8. The van der Waals surface area contributed by atoms with Crippen LogP contribution in [0.15, 0.2) is 23.4 Å². The molecule has 0 bridgehead atoms. The third kappa shape index (κ3) is 4.48. The summed E-state index contributed by atoms with van der Waals surface area (Å²) in [6.07, 6.45) is 3.67. The number of anilines is 1. The number of carbonyl (C=O) groups is 1. The molecular weight excluding hydrogens is 266 g/mol. The molecule has 0 atom stereocenters. The molecule has 1 rings (SSSR count). The predicted octanol–water partition coefficient (Wildman–Crippen LogP) is 3.24. The van der Waals surface area contributed by atoms with Crippen LogP contribution in [0.4, 0.5) is 5.69 Å². The van der Waals surface area contributed by atoms with Crippen LogP contribution in [0.25, 0.3) is 0 Å². The van der Waals surface area contributed by atoms with Gasteiger partial charge in [-0.05, 0) is 31.4 Å². The van der Waals surface area contributed by atoms with Gasteiger partial charge in [0.2, 0.25) is 5.91 Å². The van der Waals surface area contributed by atoms with Crippen molar-refractivity contribution < 1.29 is 10.0 Å². The summed E-state index contributed by atoms with van der Waals surface area (Å²) in [6, 6.07) is 5.47. The van der Waals surface area contributed by atoms with Crippen LogP contribution in [0, 0.1) is 12.8 Å². The molecule has 0 saturated heterocycles. The van der Waals surface area contributed by atoms with Crippen molar-refractivity contribution in [1.29, 1.82) is 0 Å². The van der Waals surface area contributed by atoms with Gasteiger partial charge in [-0.3, -0.25) is 4.79 Å². The van der Waals surface area contributed by atoms with Crippen LogP contribution in [0.2, 0.25) is 0 Å².